The summed E-state index contributed by atoms with van der Waals surface area (Å²) in [7, 11) is 0. The minimum absolute atomic E-state index is 0.241. The number of nitrogens with zero attached hydrogens (tertiary/aromatic N) is 4. The molecule has 1 aliphatic rings. The van der Waals surface area contributed by atoms with Gasteiger partial charge >= 0.3 is 0 Å². The van der Waals surface area contributed by atoms with E-state index in [1.807, 2.05) is 30.3 Å². The number of carbonyl (C=O) groups is 1. The molecule has 0 saturated carbocycles. The maximum atomic E-state index is 12.0. The molecule has 6 nitrogen and oxygen atoms in total. The Morgan fingerprint density at radius 1 is 1.28 bits per heavy atom. The Labute approximate surface area is 104 Å². The molecule has 0 N–H and O–H groups in total. The van der Waals surface area contributed by atoms with Crippen LogP contribution in [0.4, 0.5) is 0 Å². The zero-order valence-electron chi connectivity index (χ0n) is 9.69. The van der Waals surface area contributed by atoms with Crippen molar-refractivity contribution in [3.05, 3.63) is 42.2 Å². The van der Waals surface area contributed by atoms with Crippen LogP contribution in [0.3, 0.4) is 0 Å². The first kappa shape index (κ1) is 10.9. The van der Waals surface area contributed by atoms with E-state index in [-0.39, 0.29) is 5.91 Å². The molecule has 0 atom stereocenters. The molecule has 0 spiro atoms. The van der Waals surface area contributed by atoms with Gasteiger partial charge in [0.25, 0.3) is 5.91 Å². The van der Waals surface area contributed by atoms with Crippen LogP contribution in [-0.2, 0) is 4.84 Å². The summed E-state index contributed by atoms with van der Waals surface area (Å²) in [5.74, 6) is -0.241. The Hall–Kier alpha value is -2.21. The summed E-state index contributed by atoms with van der Waals surface area (Å²) in [5, 5.41) is 9.15. The van der Waals surface area contributed by atoms with Crippen molar-refractivity contribution in [2.75, 3.05) is 13.2 Å². The van der Waals surface area contributed by atoms with Gasteiger partial charge in [-0.1, -0.05) is 23.4 Å². The molecule has 1 amide bonds. The van der Waals surface area contributed by atoms with E-state index < -0.39 is 0 Å². The van der Waals surface area contributed by atoms with Crippen LogP contribution in [0.2, 0.25) is 0 Å². The largest absolute Gasteiger partial charge is 0.299 e. The Morgan fingerprint density at radius 3 is 2.83 bits per heavy atom. The molecule has 6 heteroatoms. The Bertz CT molecular complexity index is 546. The smallest absolute Gasteiger partial charge is 0.271 e. The topological polar surface area (TPSA) is 60.2 Å². The molecule has 0 unspecified atom stereocenters. The van der Waals surface area contributed by atoms with E-state index in [9.17, 15) is 4.79 Å². The second kappa shape index (κ2) is 4.58. The zero-order valence-corrected chi connectivity index (χ0v) is 9.69. The van der Waals surface area contributed by atoms with Crippen molar-refractivity contribution in [2.24, 2.45) is 0 Å². The molecule has 2 heterocycles. The van der Waals surface area contributed by atoms with Gasteiger partial charge in [-0.3, -0.25) is 9.63 Å². The van der Waals surface area contributed by atoms with Crippen molar-refractivity contribution in [1.82, 2.24) is 20.1 Å². The van der Waals surface area contributed by atoms with E-state index >= 15 is 0 Å². The average Bonchev–Trinajstić information content (AvgIpc) is 3.10. The van der Waals surface area contributed by atoms with E-state index in [2.05, 4.69) is 10.3 Å². The highest BCUT2D eigenvalue weighted by Gasteiger charge is 2.23. The normalized spacial score (nSPS) is 15.0. The second-order valence-electron chi connectivity index (χ2n) is 3.98. The second-order valence-corrected chi connectivity index (χ2v) is 3.98. The third-order valence-electron chi connectivity index (χ3n) is 2.71. The number of hydrogen-bond donors (Lipinski definition) is 0. The van der Waals surface area contributed by atoms with Crippen LogP contribution < -0.4 is 0 Å². The molecule has 1 fully saturated rings. The van der Waals surface area contributed by atoms with E-state index in [0.717, 1.165) is 12.1 Å². The molecule has 2 aromatic rings. The highest BCUT2D eigenvalue weighted by Crippen LogP contribution is 2.11. The van der Waals surface area contributed by atoms with E-state index in [0.29, 0.717) is 18.8 Å². The summed E-state index contributed by atoms with van der Waals surface area (Å²) in [5.41, 5.74) is 1.16. The highest BCUT2D eigenvalue weighted by atomic mass is 16.7. The minimum atomic E-state index is -0.241. The molecular weight excluding hydrogens is 232 g/mol. The van der Waals surface area contributed by atoms with Crippen molar-refractivity contribution in [3.8, 4) is 5.69 Å². The third-order valence-corrected chi connectivity index (χ3v) is 2.71. The highest BCUT2D eigenvalue weighted by molar-refractivity contribution is 5.91. The average molecular weight is 244 g/mol. The Morgan fingerprint density at radius 2 is 2.11 bits per heavy atom. The maximum absolute atomic E-state index is 12.0. The monoisotopic (exact) mass is 244 g/mol. The Balaban J connectivity index is 1.83. The van der Waals surface area contributed by atoms with Crippen LogP contribution in [0.25, 0.3) is 5.69 Å². The molecule has 0 aliphatic carbocycles. The number of hydroxylamine groups is 2. The SMILES string of the molecule is O=C(c1cn(-c2ccccc2)nn1)N1CCCO1. The van der Waals surface area contributed by atoms with Crippen LogP contribution in [0.1, 0.15) is 16.9 Å². The van der Waals surface area contributed by atoms with Crippen LogP contribution in [0.15, 0.2) is 36.5 Å². The lowest BCUT2D eigenvalue weighted by Crippen LogP contribution is -2.26. The lowest BCUT2D eigenvalue weighted by atomic mass is 10.3. The van der Waals surface area contributed by atoms with E-state index in [1.165, 1.54) is 5.06 Å². The van der Waals surface area contributed by atoms with Crippen LogP contribution >= 0.6 is 0 Å². The molecule has 1 aromatic carbocycles. The summed E-state index contributed by atoms with van der Waals surface area (Å²) in [4.78, 5) is 17.2. The van der Waals surface area contributed by atoms with Gasteiger partial charge in [-0.15, -0.1) is 5.10 Å². The van der Waals surface area contributed by atoms with Gasteiger partial charge in [0.1, 0.15) is 0 Å². The fourth-order valence-corrected chi connectivity index (χ4v) is 1.80. The molecule has 3 rings (SSSR count). The van der Waals surface area contributed by atoms with Gasteiger partial charge in [-0.25, -0.2) is 9.75 Å². The molecule has 1 saturated heterocycles. The van der Waals surface area contributed by atoms with E-state index in [4.69, 9.17) is 4.84 Å². The van der Waals surface area contributed by atoms with Crippen molar-refractivity contribution < 1.29 is 9.63 Å². The fraction of sp³-hybridized carbons (Fsp3) is 0.250. The lowest BCUT2D eigenvalue weighted by molar-refractivity contribution is -0.0771. The van der Waals surface area contributed by atoms with Crippen molar-refractivity contribution in [1.29, 1.82) is 0 Å². The number of carbonyl (C=O) groups excluding carboxylic acids is 1. The van der Waals surface area contributed by atoms with Gasteiger partial charge in [0.2, 0.25) is 0 Å². The number of rotatable bonds is 2. The van der Waals surface area contributed by atoms with Crippen molar-refractivity contribution >= 4 is 5.91 Å². The zero-order chi connectivity index (χ0) is 12.4. The summed E-state index contributed by atoms with van der Waals surface area (Å²) in [6, 6.07) is 9.53. The number of para-hydroxylation sites is 1. The summed E-state index contributed by atoms with van der Waals surface area (Å²) < 4.78 is 1.57. The predicted octanol–water partition coefficient (Wildman–Crippen LogP) is 1.04. The van der Waals surface area contributed by atoms with Gasteiger partial charge in [0.05, 0.1) is 25.0 Å². The minimum Gasteiger partial charge on any atom is -0.271 e. The molecular formula is C12H12N4O2. The van der Waals surface area contributed by atoms with Gasteiger partial charge in [0, 0.05) is 0 Å². The molecule has 1 aromatic heterocycles. The summed E-state index contributed by atoms with van der Waals surface area (Å²) >= 11 is 0. The van der Waals surface area contributed by atoms with Gasteiger partial charge < -0.3 is 0 Å². The molecule has 1 aliphatic heterocycles. The standard InChI is InChI=1S/C12H12N4O2/c17-12(16-7-4-8-18-16)11-9-15(14-13-11)10-5-2-1-3-6-10/h1-3,5-6,9H,4,7-8H2. The molecule has 0 bridgehead atoms. The number of benzene rings is 1. The van der Waals surface area contributed by atoms with E-state index in [1.54, 1.807) is 10.9 Å². The van der Waals surface area contributed by atoms with Crippen molar-refractivity contribution in [3.63, 3.8) is 0 Å². The maximum Gasteiger partial charge on any atom is 0.299 e. The number of amides is 1. The summed E-state index contributed by atoms with van der Waals surface area (Å²) in [6.07, 6.45) is 2.47. The first-order valence-corrected chi connectivity index (χ1v) is 5.77. The quantitative estimate of drug-likeness (QED) is 0.792. The van der Waals surface area contributed by atoms with Crippen LogP contribution in [0, 0.1) is 0 Å². The number of hydrogen-bond acceptors (Lipinski definition) is 4. The molecule has 0 radical (unpaired) electrons. The number of aromatic nitrogens is 3. The fourth-order valence-electron chi connectivity index (χ4n) is 1.80. The first-order chi connectivity index (χ1) is 8.84. The third kappa shape index (κ3) is 1.98. The van der Waals surface area contributed by atoms with Crippen molar-refractivity contribution in [2.45, 2.75) is 6.42 Å². The van der Waals surface area contributed by atoms with Gasteiger partial charge in [-0.05, 0) is 18.6 Å². The Kier molecular flexibility index (Phi) is 2.77. The van der Waals surface area contributed by atoms with Crippen LogP contribution in [-0.4, -0.2) is 39.1 Å². The summed E-state index contributed by atoms with van der Waals surface area (Å²) in [6.45, 7) is 1.19. The van der Waals surface area contributed by atoms with Gasteiger partial charge in [-0.2, -0.15) is 0 Å². The predicted molar refractivity (Wildman–Crippen MR) is 63.0 cm³/mol. The van der Waals surface area contributed by atoms with Crippen LogP contribution in [0.5, 0.6) is 0 Å². The first-order valence-electron chi connectivity index (χ1n) is 5.77. The molecule has 92 valence electrons. The lowest BCUT2D eigenvalue weighted by Gasteiger charge is -2.10. The van der Waals surface area contributed by atoms with Gasteiger partial charge in [0.15, 0.2) is 5.69 Å². The molecule has 18 heavy (non-hydrogen) atoms.